The lowest BCUT2D eigenvalue weighted by Gasteiger charge is -2.27. The largest absolute Gasteiger partial charge is 0.497 e. The van der Waals surface area contributed by atoms with Crippen molar-refractivity contribution in [2.45, 2.75) is 49.8 Å². The molecule has 1 saturated carbocycles. The van der Waals surface area contributed by atoms with Gasteiger partial charge in [-0.1, -0.05) is 28.7 Å². The Hall–Kier alpha value is -5.30. The summed E-state index contributed by atoms with van der Waals surface area (Å²) in [6.45, 7) is 0.478. The zero-order valence-electron chi connectivity index (χ0n) is 30.7. The standard InChI is InChI=1S/C41H45N3O8S/c1-47-35-18-14-31(39(24-35)49-3)28-44(51-5)53(45,46)36-19-20-37(40(25-36)50-4)30-12-15-32(16-13-30)43(27-29-9-8-22-42-26-29)33-17-21-38(48-2)41(23-33)52-34-10-6-7-11-34/h8-9,12-26,34H,6-7,10-11,27-28H2,1-5H3. The Kier molecular flexibility index (Phi) is 12.0. The molecule has 0 saturated heterocycles. The molecule has 1 aliphatic carbocycles. The lowest BCUT2D eigenvalue weighted by Crippen LogP contribution is -2.30. The average molecular weight is 740 g/mol. The van der Waals surface area contributed by atoms with Gasteiger partial charge >= 0.3 is 0 Å². The first-order chi connectivity index (χ1) is 25.8. The van der Waals surface area contributed by atoms with Gasteiger partial charge in [0.05, 0.1) is 53.1 Å². The first-order valence-electron chi connectivity index (χ1n) is 17.3. The van der Waals surface area contributed by atoms with E-state index in [2.05, 4.69) is 9.88 Å². The van der Waals surface area contributed by atoms with Crippen molar-refractivity contribution in [3.63, 3.8) is 0 Å². The van der Waals surface area contributed by atoms with Gasteiger partial charge in [0, 0.05) is 59.6 Å². The molecular formula is C41H45N3O8S. The topological polar surface area (TPSA) is 109 Å². The van der Waals surface area contributed by atoms with Crippen LogP contribution in [0.15, 0.2) is 108 Å². The molecule has 0 aliphatic heterocycles. The number of rotatable bonds is 16. The molecule has 5 aromatic rings. The minimum atomic E-state index is -4.10. The number of nitrogens with zero attached hydrogens (tertiary/aromatic N) is 3. The lowest BCUT2D eigenvalue weighted by molar-refractivity contribution is -0.0560. The van der Waals surface area contributed by atoms with E-state index in [0.717, 1.165) is 51.1 Å². The van der Waals surface area contributed by atoms with E-state index >= 15 is 0 Å². The Balaban J connectivity index is 1.29. The number of anilines is 2. The van der Waals surface area contributed by atoms with Crippen LogP contribution in [0.5, 0.6) is 28.7 Å². The summed E-state index contributed by atoms with van der Waals surface area (Å²) in [6.07, 6.45) is 8.21. The van der Waals surface area contributed by atoms with Gasteiger partial charge in [-0.3, -0.25) is 9.82 Å². The smallest absolute Gasteiger partial charge is 0.265 e. The molecule has 4 aromatic carbocycles. The van der Waals surface area contributed by atoms with Crippen LogP contribution in [-0.4, -0.2) is 59.5 Å². The van der Waals surface area contributed by atoms with Gasteiger partial charge in [-0.15, -0.1) is 0 Å². The molecule has 11 nitrogen and oxygen atoms in total. The molecule has 53 heavy (non-hydrogen) atoms. The first kappa shape index (κ1) is 37.5. The number of hydrogen-bond acceptors (Lipinski definition) is 10. The Morgan fingerprint density at radius 2 is 1.43 bits per heavy atom. The Morgan fingerprint density at radius 3 is 2.09 bits per heavy atom. The third-order valence-corrected chi connectivity index (χ3v) is 11.0. The maximum Gasteiger partial charge on any atom is 0.265 e. The third kappa shape index (κ3) is 8.51. The number of hydrogen-bond donors (Lipinski definition) is 0. The number of aromatic nitrogens is 1. The van der Waals surface area contributed by atoms with Crippen LogP contribution in [0.2, 0.25) is 0 Å². The van der Waals surface area contributed by atoms with Crippen LogP contribution in [0.3, 0.4) is 0 Å². The molecular weight excluding hydrogens is 695 g/mol. The molecule has 0 amide bonds. The zero-order chi connectivity index (χ0) is 37.4. The number of benzene rings is 4. The fraction of sp³-hybridized carbons (Fsp3) is 0.293. The highest BCUT2D eigenvalue weighted by atomic mass is 32.2. The number of hydroxylamine groups is 1. The molecule has 1 aromatic heterocycles. The van der Waals surface area contributed by atoms with Crippen molar-refractivity contribution in [1.29, 1.82) is 0 Å². The van der Waals surface area contributed by atoms with E-state index in [-0.39, 0.29) is 17.5 Å². The van der Waals surface area contributed by atoms with E-state index in [1.54, 1.807) is 50.7 Å². The zero-order valence-corrected chi connectivity index (χ0v) is 31.5. The maximum atomic E-state index is 13.8. The summed E-state index contributed by atoms with van der Waals surface area (Å²) in [5.41, 5.74) is 5.11. The highest BCUT2D eigenvalue weighted by Crippen LogP contribution is 2.40. The van der Waals surface area contributed by atoms with Gasteiger partial charge in [0.1, 0.15) is 17.2 Å². The predicted octanol–water partition coefficient (Wildman–Crippen LogP) is 8.20. The molecule has 0 atom stereocenters. The van der Waals surface area contributed by atoms with Gasteiger partial charge in [0.15, 0.2) is 11.5 Å². The van der Waals surface area contributed by atoms with Crippen molar-refractivity contribution < 1.29 is 36.9 Å². The van der Waals surface area contributed by atoms with Crippen molar-refractivity contribution in [1.82, 2.24) is 9.45 Å². The van der Waals surface area contributed by atoms with Crippen molar-refractivity contribution in [3.05, 3.63) is 115 Å². The summed E-state index contributed by atoms with van der Waals surface area (Å²) in [7, 11) is 3.45. The van der Waals surface area contributed by atoms with Crippen molar-refractivity contribution >= 4 is 21.4 Å². The van der Waals surface area contributed by atoms with Gasteiger partial charge in [-0.25, -0.2) is 8.42 Å². The number of sulfonamides is 1. The molecule has 0 N–H and O–H groups in total. The van der Waals surface area contributed by atoms with Crippen molar-refractivity contribution in [3.8, 4) is 39.9 Å². The van der Waals surface area contributed by atoms with E-state index in [0.29, 0.717) is 35.1 Å². The van der Waals surface area contributed by atoms with Gasteiger partial charge in [-0.05, 0) is 85.3 Å². The second-order valence-corrected chi connectivity index (χ2v) is 14.4. The highest BCUT2D eigenvalue weighted by molar-refractivity contribution is 7.89. The summed E-state index contributed by atoms with van der Waals surface area (Å²) >= 11 is 0. The van der Waals surface area contributed by atoms with Crippen LogP contribution in [0.4, 0.5) is 11.4 Å². The number of methoxy groups -OCH3 is 4. The van der Waals surface area contributed by atoms with Gasteiger partial charge < -0.3 is 28.6 Å². The molecule has 0 radical (unpaired) electrons. The van der Waals surface area contributed by atoms with Crippen LogP contribution >= 0.6 is 0 Å². The molecule has 0 spiro atoms. The SMILES string of the molecule is COc1ccc(CN(OC)S(=O)(=O)c2ccc(-c3ccc(N(Cc4cccnc4)c4ccc(OC)c(OC5CCCC5)c4)cc3)c(OC)c2)c(OC)c1. The van der Waals surface area contributed by atoms with E-state index in [4.69, 9.17) is 28.5 Å². The highest BCUT2D eigenvalue weighted by Gasteiger charge is 2.28. The van der Waals surface area contributed by atoms with Crippen LogP contribution in [-0.2, 0) is 28.0 Å². The summed E-state index contributed by atoms with van der Waals surface area (Å²) in [4.78, 5) is 11.9. The lowest BCUT2D eigenvalue weighted by atomic mass is 10.0. The van der Waals surface area contributed by atoms with Crippen LogP contribution in [0.25, 0.3) is 11.1 Å². The summed E-state index contributed by atoms with van der Waals surface area (Å²) in [5.74, 6) is 2.88. The predicted molar refractivity (Wildman–Crippen MR) is 204 cm³/mol. The Labute approximate surface area is 311 Å². The molecule has 1 aliphatic rings. The number of ether oxygens (including phenoxy) is 5. The molecule has 1 fully saturated rings. The minimum Gasteiger partial charge on any atom is -0.497 e. The Bertz CT molecular complexity index is 2090. The molecule has 0 unspecified atom stereocenters. The normalized spacial score (nSPS) is 13.2. The summed E-state index contributed by atoms with van der Waals surface area (Å²) in [6, 6.07) is 28.0. The third-order valence-electron chi connectivity index (χ3n) is 9.34. The quantitative estimate of drug-likeness (QED) is 0.0920. The summed E-state index contributed by atoms with van der Waals surface area (Å²) in [5, 5.41) is 0. The molecule has 6 rings (SSSR count). The molecule has 0 bridgehead atoms. The van der Waals surface area contributed by atoms with E-state index in [1.807, 2.05) is 60.8 Å². The van der Waals surface area contributed by atoms with Crippen LogP contribution in [0, 0.1) is 0 Å². The van der Waals surface area contributed by atoms with Crippen molar-refractivity contribution in [2.75, 3.05) is 40.4 Å². The first-order valence-corrected chi connectivity index (χ1v) is 18.8. The molecule has 12 heteroatoms. The number of pyridine rings is 1. The summed E-state index contributed by atoms with van der Waals surface area (Å²) < 4.78 is 57.2. The van der Waals surface area contributed by atoms with Crippen LogP contribution in [0.1, 0.15) is 36.8 Å². The van der Waals surface area contributed by atoms with Gasteiger partial charge in [0.25, 0.3) is 10.0 Å². The fourth-order valence-corrected chi connectivity index (χ4v) is 7.73. The average Bonchev–Trinajstić information content (AvgIpc) is 3.72. The minimum absolute atomic E-state index is 0.0156. The van der Waals surface area contributed by atoms with E-state index < -0.39 is 10.0 Å². The monoisotopic (exact) mass is 739 g/mol. The second kappa shape index (κ2) is 17.0. The van der Waals surface area contributed by atoms with Gasteiger partial charge in [-0.2, -0.15) is 0 Å². The van der Waals surface area contributed by atoms with Gasteiger partial charge in [0.2, 0.25) is 0 Å². The Morgan fingerprint density at radius 1 is 0.698 bits per heavy atom. The second-order valence-electron chi connectivity index (χ2n) is 12.5. The van der Waals surface area contributed by atoms with Crippen molar-refractivity contribution in [2.24, 2.45) is 0 Å². The van der Waals surface area contributed by atoms with Crippen LogP contribution < -0.4 is 28.6 Å². The fourth-order valence-electron chi connectivity index (χ4n) is 6.50. The molecule has 1 heterocycles. The maximum absolute atomic E-state index is 13.8. The van der Waals surface area contributed by atoms with E-state index in [9.17, 15) is 8.42 Å². The van der Waals surface area contributed by atoms with E-state index in [1.165, 1.54) is 40.2 Å². The molecule has 278 valence electrons.